The summed E-state index contributed by atoms with van der Waals surface area (Å²) in [4.78, 5) is 4.26. The van der Waals surface area contributed by atoms with Crippen molar-refractivity contribution in [3.05, 3.63) is 62.8 Å². The van der Waals surface area contributed by atoms with Crippen LogP contribution in [0.3, 0.4) is 0 Å². The summed E-state index contributed by atoms with van der Waals surface area (Å²) in [5.41, 5.74) is 2.66. The van der Waals surface area contributed by atoms with Gasteiger partial charge in [0.05, 0.1) is 0 Å². The summed E-state index contributed by atoms with van der Waals surface area (Å²) in [5.74, 6) is 0.572. The normalized spacial score (nSPS) is 12.3. The van der Waals surface area contributed by atoms with E-state index in [1.807, 2.05) is 12.4 Å². The number of pyridine rings is 1. The van der Waals surface area contributed by atoms with Gasteiger partial charge >= 0.3 is 0 Å². The number of nitrogens with one attached hydrogen (secondary N) is 1. The third-order valence-corrected chi connectivity index (χ3v) is 4.37. The molecule has 1 aromatic heterocycles. The van der Waals surface area contributed by atoms with E-state index in [9.17, 15) is 0 Å². The molecule has 0 amide bonds. The Hall–Kier alpha value is -0.710. The maximum Gasteiger partial charge on any atom is 0.0410 e. The fourth-order valence-electron chi connectivity index (χ4n) is 2.42. The van der Waals surface area contributed by atoms with E-state index >= 15 is 0 Å². The smallest absolute Gasteiger partial charge is 0.0410 e. The molecule has 0 saturated carbocycles. The van der Waals surface area contributed by atoms with Crippen molar-refractivity contribution < 1.29 is 0 Å². The van der Waals surface area contributed by atoms with Gasteiger partial charge in [-0.15, -0.1) is 0 Å². The van der Waals surface area contributed by atoms with Crippen LogP contribution in [-0.2, 0) is 12.8 Å². The van der Waals surface area contributed by atoms with E-state index < -0.39 is 0 Å². The summed E-state index contributed by atoms with van der Waals surface area (Å²) < 4.78 is 2.18. The summed E-state index contributed by atoms with van der Waals surface area (Å²) in [6, 6.07) is 10.8. The van der Waals surface area contributed by atoms with Gasteiger partial charge in [0, 0.05) is 21.3 Å². The fourth-order valence-corrected chi connectivity index (χ4v) is 3.10. The lowest BCUT2D eigenvalue weighted by atomic mass is 9.93. The Morgan fingerprint density at radius 1 is 1.00 bits per heavy atom. The van der Waals surface area contributed by atoms with Crippen LogP contribution < -0.4 is 5.32 Å². The number of benzene rings is 1. The predicted octanol–water partition coefficient (Wildman–Crippen LogP) is 4.62. The van der Waals surface area contributed by atoms with E-state index in [-0.39, 0.29) is 0 Å². The highest BCUT2D eigenvalue weighted by atomic mass is 79.9. The Balaban J connectivity index is 2.04. The average Bonchev–Trinajstić information content (AvgIpc) is 2.47. The maximum atomic E-state index is 4.26. The number of rotatable bonds is 7. The molecule has 21 heavy (non-hydrogen) atoms. The molecule has 2 aromatic rings. The second kappa shape index (κ2) is 8.66. The zero-order valence-corrected chi connectivity index (χ0v) is 15.3. The van der Waals surface area contributed by atoms with E-state index in [0.29, 0.717) is 5.92 Å². The van der Waals surface area contributed by atoms with E-state index in [4.69, 9.17) is 0 Å². The quantitative estimate of drug-likeness (QED) is 0.718. The molecule has 1 aromatic carbocycles. The molecule has 2 rings (SSSR count). The van der Waals surface area contributed by atoms with E-state index in [0.717, 1.165) is 34.9 Å². The molecular formula is C17H20Br2N2. The Labute approximate surface area is 143 Å². The van der Waals surface area contributed by atoms with E-state index in [1.165, 1.54) is 11.1 Å². The van der Waals surface area contributed by atoms with E-state index in [1.54, 1.807) is 0 Å². The minimum absolute atomic E-state index is 0.572. The molecule has 1 N–H and O–H groups in total. The van der Waals surface area contributed by atoms with Crippen LogP contribution in [0.5, 0.6) is 0 Å². The lowest BCUT2D eigenvalue weighted by molar-refractivity contribution is 0.477. The predicted molar refractivity (Wildman–Crippen MR) is 95.5 cm³/mol. The zero-order valence-electron chi connectivity index (χ0n) is 12.2. The molecule has 1 unspecified atom stereocenters. The van der Waals surface area contributed by atoms with Crippen LogP contribution in [0, 0.1) is 5.92 Å². The standard InChI is InChI=1S/C17H20Br2N2/c1-2-20-10-14(7-13-3-5-16(18)6-4-13)8-15-9-17(19)12-21-11-15/h3-6,9,11-12,14,20H,2,7-8,10H2,1H3. The number of aromatic nitrogens is 1. The SMILES string of the molecule is CCNCC(Cc1ccc(Br)cc1)Cc1cncc(Br)c1. The first-order valence-corrected chi connectivity index (χ1v) is 8.80. The van der Waals surface area contributed by atoms with Gasteiger partial charge in [-0.2, -0.15) is 0 Å². The van der Waals surface area contributed by atoms with Gasteiger partial charge in [-0.25, -0.2) is 0 Å². The molecule has 0 fully saturated rings. The lowest BCUT2D eigenvalue weighted by Crippen LogP contribution is -2.25. The number of halogens is 2. The molecule has 1 heterocycles. The highest BCUT2D eigenvalue weighted by Gasteiger charge is 2.11. The first-order chi connectivity index (χ1) is 10.2. The van der Waals surface area contributed by atoms with Crippen molar-refractivity contribution >= 4 is 31.9 Å². The van der Waals surface area contributed by atoms with Crippen molar-refractivity contribution in [1.29, 1.82) is 0 Å². The summed E-state index contributed by atoms with van der Waals surface area (Å²) in [6.07, 6.45) is 5.91. The van der Waals surface area contributed by atoms with Crippen LogP contribution in [0.2, 0.25) is 0 Å². The molecule has 0 saturated heterocycles. The Kier molecular flexibility index (Phi) is 6.87. The van der Waals surface area contributed by atoms with Gasteiger partial charge in [-0.3, -0.25) is 4.98 Å². The van der Waals surface area contributed by atoms with Crippen molar-refractivity contribution in [1.82, 2.24) is 10.3 Å². The summed E-state index contributed by atoms with van der Waals surface area (Å²) in [6.45, 7) is 4.18. The summed E-state index contributed by atoms with van der Waals surface area (Å²) in [7, 11) is 0. The Morgan fingerprint density at radius 3 is 2.38 bits per heavy atom. The van der Waals surface area contributed by atoms with Crippen molar-refractivity contribution in [3.63, 3.8) is 0 Å². The molecule has 0 radical (unpaired) electrons. The monoisotopic (exact) mass is 410 g/mol. The topological polar surface area (TPSA) is 24.9 Å². The van der Waals surface area contributed by atoms with Gasteiger partial charge in [0.1, 0.15) is 0 Å². The van der Waals surface area contributed by atoms with Gasteiger partial charge < -0.3 is 5.32 Å². The minimum Gasteiger partial charge on any atom is -0.317 e. The van der Waals surface area contributed by atoms with Crippen molar-refractivity contribution in [2.24, 2.45) is 5.92 Å². The zero-order chi connectivity index (χ0) is 15.1. The Bertz CT molecular complexity index is 555. The third kappa shape index (κ3) is 5.89. The summed E-state index contributed by atoms with van der Waals surface area (Å²) >= 11 is 6.99. The van der Waals surface area contributed by atoms with Crippen molar-refractivity contribution in [3.8, 4) is 0 Å². The molecule has 0 spiro atoms. The van der Waals surface area contributed by atoms with Crippen LogP contribution in [0.4, 0.5) is 0 Å². The van der Waals surface area contributed by atoms with Gasteiger partial charge in [-0.1, -0.05) is 35.0 Å². The highest BCUT2D eigenvalue weighted by Crippen LogP contribution is 2.18. The van der Waals surface area contributed by atoms with Crippen molar-refractivity contribution in [2.75, 3.05) is 13.1 Å². The molecule has 2 nitrogen and oxygen atoms in total. The second-order valence-electron chi connectivity index (χ2n) is 5.22. The maximum absolute atomic E-state index is 4.26. The molecule has 112 valence electrons. The van der Waals surface area contributed by atoms with Crippen LogP contribution >= 0.6 is 31.9 Å². The first kappa shape index (κ1) is 16.7. The van der Waals surface area contributed by atoms with Crippen molar-refractivity contribution in [2.45, 2.75) is 19.8 Å². The third-order valence-electron chi connectivity index (χ3n) is 3.41. The Morgan fingerprint density at radius 2 is 1.71 bits per heavy atom. The lowest BCUT2D eigenvalue weighted by Gasteiger charge is -2.17. The molecule has 4 heteroatoms. The van der Waals surface area contributed by atoms with Gasteiger partial charge in [0.15, 0.2) is 0 Å². The summed E-state index contributed by atoms with van der Waals surface area (Å²) in [5, 5.41) is 3.47. The van der Waals surface area contributed by atoms with Crippen LogP contribution in [0.25, 0.3) is 0 Å². The first-order valence-electron chi connectivity index (χ1n) is 7.22. The number of hydrogen-bond donors (Lipinski definition) is 1. The number of nitrogens with zero attached hydrogens (tertiary/aromatic N) is 1. The van der Waals surface area contributed by atoms with Gasteiger partial charge in [-0.05, 0) is 77.1 Å². The molecular weight excluding hydrogens is 392 g/mol. The van der Waals surface area contributed by atoms with E-state index in [2.05, 4.69) is 79.4 Å². The van der Waals surface area contributed by atoms with Crippen LogP contribution in [0.15, 0.2) is 51.7 Å². The largest absolute Gasteiger partial charge is 0.317 e. The van der Waals surface area contributed by atoms with Gasteiger partial charge in [0.2, 0.25) is 0 Å². The molecule has 1 atom stereocenters. The molecule has 0 aliphatic heterocycles. The average molecular weight is 412 g/mol. The molecule has 0 aliphatic rings. The van der Waals surface area contributed by atoms with Crippen LogP contribution in [0.1, 0.15) is 18.1 Å². The molecule has 0 aliphatic carbocycles. The number of hydrogen-bond acceptors (Lipinski definition) is 2. The van der Waals surface area contributed by atoms with Gasteiger partial charge in [0.25, 0.3) is 0 Å². The molecule has 0 bridgehead atoms. The minimum atomic E-state index is 0.572. The second-order valence-corrected chi connectivity index (χ2v) is 7.05. The van der Waals surface area contributed by atoms with Crippen LogP contribution in [-0.4, -0.2) is 18.1 Å². The highest BCUT2D eigenvalue weighted by molar-refractivity contribution is 9.10. The fraction of sp³-hybridized carbons (Fsp3) is 0.353.